The van der Waals surface area contributed by atoms with Crippen LogP contribution in [0.25, 0.3) is 0 Å². The van der Waals surface area contributed by atoms with Crippen LogP contribution in [-0.2, 0) is 0 Å². The number of anilines is 1. The first kappa shape index (κ1) is 20.2. The molecule has 29 heavy (non-hydrogen) atoms. The Kier molecular flexibility index (Phi) is 6.65. The summed E-state index contributed by atoms with van der Waals surface area (Å²) in [5.74, 6) is 0.877. The van der Waals surface area contributed by atoms with Crippen LogP contribution in [0.2, 0.25) is 0 Å². The molecule has 0 saturated carbocycles. The van der Waals surface area contributed by atoms with Gasteiger partial charge in [-0.1, -0.05) is 12.1 Å². The number of nitrogens with one attached hydrogen (secondary N) is 1. The number of amides is 1. The van der Waals surface area contributed by atoms with Gasteiger partial charge in [0.25, 0.3) is 5.91 Å². The lowest BCUT2D eigenvalue weighted by Gasteiger charge is -2.14. The van der Waals surface area contributed by atoms with Gasteiger partial charge in [0.15, 0.2) is 11.5 Å². The highest BCUT2D eigenvalue weighted by Crippen LogP contribution is 2.17. The first-order valence-corrected chi connectivity index (χ1v) is 9.01. The van der Waals surface area contributed by atoms with E-state index in [4.69, 9.17) is 13.9 Å². The molecule has 0 bridgehead atoms. The van der Waals surface area contributed by atoms with Crippen molar-refractivity contribution in [2.45, 2.75) is 13.0 Å². The zero-order valence-electron chi connectivity index (χ0n) is 15.8. The molecular weight excluding hydrogens is 374 g/mol. The molecule has 2 aromatic carbocycles. The molecular formula is C22H21NO6. The molecule has 2 N–H and O–H groups in total. The Hall–Kier alpha value is -3.58. The Bertz CT molecular complexity index is 950. The largest absolute Gasteiger partial charge is 0.491 e. The molecule has 1 atom stereocenters. The van der Waals surface area contributed by atoms with Gasteiger partial charge in [0.2, 0.25) is 0 Å². The average Bonchev–Trinajstić information content (AvgIpc) is 3.27. The van der Waals surface area contributed by atoms with Crippen molar-refractivity contribution in [3.63, 3.8) is 0 Å². The summed E-state index contributed by atoms with van der Waals surface area (Å²) in [6.07, 6.45) is 0.579. The maximum Gasteiger partial charge on any atom is 0.291 e. The molecule has 0 aliphatic rings. The molecule has 0 unspecified atom stereocenters. The van der Waals surface area contributed by atoms with Crippen molar-refractivity contribution in [1.29, 1.82) is 0 Å². The zero-order chi connectivity index (χ0) is 20.6. The van der Waals surface area contributed by atoms with Gasteiger partial charge in [-0.25, -0.2) is 0 Å². The number of rotatable bonds is 9. The van der Waals surface area contributed by atoms with Crippen LogP contribution in [0, 0.1) is 0 Å². The van der Waals surface area contributed by atoms with Gasteiger partial charge in [-0.2, -0.15) is 0 Å². The van der Waals surface area contributed by atoms with E-state index in [1.807, 2.05) is 0 Å². The molecule has 3 rings (SSSR count). The van der Waals surface area contributed by atoms with E-state index in [2.05, 4.69) is 5.32 Å². The number of aliphatic hydroxyl groups is 1. The maximum atomic E-state index is 11.9. The quantitative estimate of drug-likeness (QED) is 0.538. The number of furan rings is 1. The molecule has 3 aromatic rings. The summed E-state index contributed by atoms with van der Waals surface area (Å²) < 4.78 is 16.1. The number of aliphatic hydroxyl groups excluding tert-OH is 1. The van der Waals surface area contributed by atoms with Gasteiger partial charge >= 0.3 is 0 Å². The Morgan fingerprint density at radius 3 is 2.38 bits per heavy atom. The van der Waals surface area contributed by atoms with E-state index in [1.54, 1.807) is 60.7 Å². The van der Waals surface area contributed by atoms with Gasteiger partial charge in [0, 0.05) is 11.3 Å². The van der Waals surface area contributed by atoms with Crippen LogP contribution in [-0.4, -0.2) is 36.1 Å². The monoisotopic (exact) mass is 395 g/mol. The summed E-state index contributed by atoms with van der Waals surface area (Å²) in [5, 5.41) is 12.8. The fourth-order valence-corrected chi connectivity index (χ4v) is 2.47. The van der Waals surface area contributed by atoms with Crippen molar-refractivity contribution in [3.8, 4) is 11.5 Å². The van der Waals surface area contributed by atoms with E-state index in [1.165, 1.54) is 13.2 Å². The molecule has 0 radical (unpaired) electrons. The number of carbonyl (C=O) groups is 2. The molecule has 0 aliphatic carbocycles. The minimum Gasteiger partial charge on any atom is -0.491 e. The Morgan fingerprint density at radius 2 is 1.72 bits per heavy atom. The molecule has 1 aromatic heterocycles. The zero-order valence-corrected chi connectivity index (χ0v) is 15.8. The van der Waals surface area contributed by atoms with Crippen LogP contribution in [0.3, 0.4) is 0 Å². The smallest absolute Gasteiger partial charge is 0.291 e. The SMILES string of the molecule is CC(=O)c1cccc(OC[C@@H](O)COc2ccc(NC(=O)c3ccco3)cc2)c1. The van der Waals surface area contributed by atoms with E-state index >= 15 is 0 Å². The van der Waals surface area contributed by atoms with Crippen molar-refractivity contribution < 1.29 is 28.6 Å². The number of hydrogen-bond donors (Lipinski definition) is 2. The summed E-state index contributed by atoms with van der Waals surface area (Å²) in [6.45, 7) is 1.54. The van der Waals surface area contributed by atoms with E-state index in [9.17, 15) is 14.7 Å². The van der Waals surface area contributed by atoms with Crippen LogP contribution < -0.4 is 14.8 Å². The highest BCUT2D eigenvalue weighted by atomic mass is 16.5. The summed E-state index contributed by atoms with van der Waals surface area (Å²) in [5.41, 5.74) is 1.14. The van der Waals surface area contributed by atoms with Crippen molar-refractivity contribution in [2.75, 3.05) is 18.5 Å². The fraction of sp³-hybridized carbons (Fsp3) is 0.182. The molecule has 1 heterocycles. The number of hydrogen-bond acceptors (Lipinski definition) is 6. The van der Waals surface area contributed by atoms with Gasteiger partial charge in [-0.3, -0.25) is 9.59 Å². The summed E-state index contributed by atoms with van der Waals surface area (Å²) in [6, 6.07) is 16.7. The lowest BCUT2D eigenvalue weighted by molar-refractivity contribution is 0.0626. The molecule has 0 spiro atoms. The molecule has 0 aliphatic heterocycles. The minimum absolute atomic E-state index is 0.0264. The van der Waals surface area contributed by atoms with Crippen LogP contribution in [0.4, 0.5) is 5.69 Å². The highest BCUT2D eigenvalue weighted by molar-refractivity contribution is 6.02. The van der Waals surface area contributed by atoms with Crippen LogP contribution in [0.15, 0.2) is 71.3 Å². The van der Waals surface area contributed by atoms with Crippen molar-refractivity contribution >= 4 is 17.4 Å². The van der Waals surface area contributed by atoms with Crippen LogP contribution >= 0.6 is 0 Å². The average molecular weight is 395 g/mol. The van der Waals surface area contributed by atoms with Gasteiger partial charge in [-0.05, 0) is 55.5 Å². The van der Waals surface area contributed by atoms with Gasteiger partial charge in [-0.15, -0.1) is 0 Å². The van der Waals surface area contributed by atoms with E-state index in [0.717, 1.165) is 0 Å². The number of carbonyl (C=O) groups excluding carboxylic acids is 2. The molecule has 0 saturated heterocycles. The second kappa shape index (κ2) is 9.57. The summed E-state index contributed by atoms with van der Waals surface area (Å²) >= 11 is 0. The Labute approximate surface area is 167 Å². The van der Waals surface area contributed by atoms with Gasteiger partial charge in [0.1, 0.15) is 30.8 Å². The van der Waals surface area contributed by atoms with E-state index < -0.39 is 6.10 Å². The summed E-state index contributed by atoms with van der Waals surface area (Å²) in [4.78, 5) is 23.3. The van der Waals surface area contributed by atoms with Gasteiger partial charge in [0.05, 0.1) is 6.26 Å². The first-order valence-electron chi connectivity index (χ1n) is 9.01. The lowest BCUT2D eigenvalue weighted by atomic mass is 10.1. The number of benzene rings is 2. The fourth-order valence-electron chi connectivity index (χ4n) is 2.47. The topological polar surface area (TPSA) is 98.0 Å². The van der Waals surface area contributed by atoms with E-state index in [-0.39, 0.29) is 30.7 Å². The lowest BCUT2D eigenvalue weighted by Crippen LogP contribution is -2.25. The standard InChI is InChI=1S/C22H21NO6/c1-15(24)16-4-2-5-20(12-16)29-14-18(25)13-28-19-9-7-17(8-10-19)23-22(26)21-6-3-11-27-21/h2-12,18,25H,13-14H2,1H3,(H,23,26)/t18-/m0/s1. The number of ketones is 1. The molecule has 7 nitrogen and oxygen atoms in total. The van der Waals surface area contributed by atoms with E-state index in [0.29, 0.717) is 22.7 Å². The third kappa shape index (κ3) is 5.95. The predicted molar refractivity (Wildman–Crippen MR) is 107 cm³/mol. The Morgan fingerprint density at radius 1 is 1.00 bits per heavy atom. The molecule has 0 fully saturated rings. The molecule has 7 heteroatoms. The van der Waals surface area contributed by atoms with Crippen molar-refractivity contribution in [3.05, 3.63) is 78.3 Å². The third-order valence-corrected chi connectivity index (χ3v) is 3.98. The van der Waals surface area contributed by atoms with Crippen molar-refractivity contribution in [1.82, 2.24) is 0 Å². The van der Waals surface area contributed by atoms with Gasteiger partial charge < -0.3 is 24.3 Å². The summed E-state index contributed by atoms with van der Waals surface area (Å²) in [7, 11) is 0. The first-order chi connectivity index (χ1) is 14.0. The Balaban J connectivity index is 1.44. The highest BCUT2D eigenvalue weighted by Gasteiger charge is 2.10. The second-order valence-electron chi connectivity index (χ2n) is 6.32. The molecule has 150 valence electrons. The predicted octanol–water partition coefficient (Wildman–Crippen LogP) is 3.55. The second-order valence-corrected chi connectivity index (χ2v) is 6.32. The van der Waals surface area contributed by atoms with Crippen molar-refractivity contribution in [2.24, 2.45) is 0 Å². The van der Waals surface area contributed by atoms with Crippen LogP contribution in [0.1, 0.15) is 27.8 Å². The molecule has 1 amide bonds. The minimum atomic E-state index is -0.852. The third-order valence-electron chi connectivity index (χ3n) is 3.98. The maximum absolute atomic E-state index is 11.9. The van der Waals surface area contributed by atoms with Crippen LogP contribution in [0.5, 0.6) is 11.5 Å². The number of ether oxygens (including phenoxy) is 2. The normalized spacial score (nSPS) is 11.5. The number of Topliss-reactive ketones (excluding diaryl/α,β-unsaturated/α-hetero) is 1.